The van der Waals surface area contributed by atoms with Crippen molar-refractivity contribution in [2.24, 2.45) is 4.99 Å². The van der Waals surface area contributed by atoms with Gasteiger partial charge in [0.1, 0.15) is 0 Å². The van der Waals surface area contributed by atoms with Crippen LogP contribution in [0.5, 0.6) is 0 Å². The molecule has 0 N–H and O–H groups in total. The Morgan fingerprint density at radius 2 is 1.38 bits per heavy atom. The molecule has 172 valence electrons. The Balaban J connectivity index is 1.53. The lowest BCUT2D eigenvalue weighted by molar-refractivity contribution is 0.292. The Labute approximate surface area is 200 Å². The summed E-state index contributed by atoms with van der Waals surface area (Å²) in [7, 11) is 0. The van der Waals surface area contributed by atoms with Gasteiger partial charge in [-0.25, -0.2) is 15.0 Å². The number of hydrogen-bond donors (Lipinski definition) is 0. The van der Waals surface area contributed by atoms with Gasteiger partial charge in [0.15, 0.2) is 5.82 Å². The Morgan fingerprint density at radius 1 is 0.765 bits per heavy atom. The number of rotatable bonds is 9. The summed E-state index contributed by atoms with van der Waals surface area (Å²) in [6.07, 6.45) is 1.86. The predicted molar refractivity (Wildman–Crippen MR) is 140 cm³/mol. The maximum absolute atomic E-state index is 4.88. The number of imidazole rings is 2. The number of para-hydroxylation sites is 4. The van der Waals surface area contributed by atoms with Crippen molar-refractivity contribution in [2.75, 3.05) is 19.6 Å². The SMILES string of the molecule is CCN(CC)CCn1c(/N=C/c2nc3ccccc3n2Cc2ccccc2)nc2ccccc21. The zero-order chi connectivity index (χ0) is 23.3. The van der Waals surface area contributed by atoms with Crippen LogP contribution in [-0.4, -0.2) is 49.9 Å². The smallest absolute Gasteiger partial charge is 0.230 e. The lowest BCUT2D eigenvalue weighted by Gasteiger charge is -2.18. The molecule has 6 nitrogen and oxygen atoms in total. The molecule has 0 bridgehead atoms. The minimum absolute atomic E-state index is 0.715. The molecular weight excluding hydrogens is 420 g/mol. The van der Waals surface area contributed by atoms with Crippen molar-refractivity contribution in [2.45, 2.75) is 26.9 Å². The first-order valence-electron chi connectivity index (χ1n) is 12.0. The molecule has 0 aliphatic rings. The summed E-state index contributed by atoms with van der Waals surface area (Å²) in [4.78, 5) is 17.0. The van der Waals surface area contributed by atoms with E-state index >= 15 is 0 Å². The van der Waals surface area contributed by atoms with Crippen LogP contribution < -0.4 is 0 Å². The van der Waals surface area contributed by atoms with E-state index in [1.807, 2.05) is 36.5 Å². The van der Waals surface area contributed by atoms with Crippen molar-refractivity contribution in [1.82, 2.24) is 24.0 Å². The van der Waals surface area contributed by atoms with Crippen LogP contribution in [-0.2, 0) is 13.1 Å². The maximum Gasteiger partial charge on any atom is 0.230 e. The van der Waals surface area contributed by atoms with Gasteiger partial charge < -0.3 is 14.0 Å². The minimum Gasteiger partial charge on any atom is -0.319 e. The number of aliphatic imine (C=N–C) groups is 1. The Kier molecular flexibility index (Phi) is 6.49. The molecule has 0 aliphatic heterocycles. The van der Waals surface area contributed by atoms with E-state index in [2.05, 4.69) is 76.4 Å². The second kappa shape index (κ2) is 10.0. The van der Waals surface area contributed by atoms with Crippen LogP contribution in [0, 0.1) is 0 Å². The highest BCUT2D eigenvalue weighted by atomic mass is 15.2. The molecule has 3 aromatic carbocycles. The molecule has 34 heavy (non-hydrogen) atoms. The normalized spacial score (nSPS) is 12.0. The lowest BCUT2D eigenvalue weighted by Crippen LogP contribution is -2.26. The summed E-state index contributed by atoms with van der Waals surface area (Å²) >= 11 is 0. The van der Waals surface area contributed by atoms with E-state index < -0.39 is 0 Å². The van der Waals surface area contributed by atoms with Gasteiger partial charge in [-0.15, -0.1) is 0 Å². The number of nitrogens with zero attached hydrogens (tertiary/aromatic N) is 6. The molecule has 0 aliphatic carbocycles. The zero-order valence-corrected chi connectivity index (χ0v) is 19.8. The quantitative estimate of drug-likeness (QED) is 0.278. The summed E-state index contributed by atoms with van der Waals surface area (Å²) in [6, 6.07) is 27.0. The minimum atomic E-state index is 0.715. The summed E-state index contributed by atoms with van der Waals surface area (Å²) < 4.78 is 4.44. The van der Waals surface area contributed by atoms with Crippen molar-refractivity contribution in [1.29, 1.82) is 0 Å². The van der Waals surface area contributed by atoms with E-state index in [1.165, 1.54) is 5.56 Å². The lowest BCUT2D eigenvalue weighted by atomic mass is 10.2. The molecule has 2 heterocycles. The van der Waals surface area contributed by atoms with Crippen LogP contribution in [0.15, 0.2) is 83.9 Å². The standard InChI is InChI=1S/C28H30N6/c1-3-32(4-2)18-19-33-25-16-10-9-15-24(25)31-28(33)29-20-27-30-23-14-8-11-17-26(23)34(27)21-22-12-6-5-7-13-22/h5-17,20H,3-4,18-19,21H2,1-2H3/b29-20+. The van der Waals surface area contributed by atoms with Gasteiger partial charge in [0.05, 0.1) is 28.3 Å². The van der Waals surface area contributed by atoms with Gasteiger partial charge in [-0.2, -0.15) is 0 Å². The van der Waals surface area contributed by atoms with Gasteiger partial charge >= 0.3 is 0 Å². The van der Waals surface area contributed by atoms with Crippen LogP contribution >= 0.6 is 0 Å². The average molecular weight is 451 g/mol. The van der Waals surface area contributed by atoms with E-state index in [-0.39, 0.29) is 0 Å². The number of fused-ring (bicyclic) bond motifs is 2. The molecule has 6 heteroatoms. The van der Waals surface area contributed by atoms with E-state index in [0.29, 0.717) is 5.95 Å². The summed E-state index contributed by atoms with van der Waals surface area (Å²) in [6.45, 7) is 9.01. The second-order valence-electron chi connectivity index (χ2n) is 8.37. The molecule has 0 radical (unpaired) electrons. The fourth-order valence-electron chi connectivity index (χ4n) is 4.40. The number of hydrogen-bond acceptors (Lipinski definition) is 4. The molecule has 0 fully saturated rings. The maximum atomic E-state index is 4.88. The van der Waals surface area contributed by atoms with E-state index in [9.17, 15) is 0 Å². The molecule has 0 amide bonds. The van der Waals surface area contributed by atoms with Crippen molar-refractivity contribution < 1.29 is 0 Å². The monoisotopic (exact) mass is 450 g/mol. The van der Waals surface area contributed by atoms with Crippen LogP contribution in [0.25, 0.3) is 22.1 Å². The molecule has 0 atom stereocenters. The van der Waals surface area contributed by atoms with Crippen LogP contribution in [0.3, 0.4) is 0 Å². The van der Waals surface area contributed by atoms with Gasteiger partial charge in [0, 0.05) is 19.6 Å². The third kappa shape index (κ3) is 4.50. The van der Waals surface area contributed by atoms with Gasteiger partial charge in [-0.1, -0.05) is 68.4 Å². The van der Waals surface area contributed by atoms with Gasteiger partial charge in [0.25, 0.3) is 0 Å². The predicted octanol–water partition coefficient (Wildman–Crippen LogP) is 5.53. The molecule has 0 saturated heterocycles. The Morgan fingerprint density at radius 3 is 2.09 bits per heavy atom. The van der Waals surface area contributed by atoms with Gasteiger partial charge in [0.2, 0.25) is 5.95 Å². The number of aromatic nitrogens is 4. The topological polar surface area (TPSA) is 51.2 Å². The van der Waals surface area contributed by atoms with Crippen LogP contribution in [0.4, 0.5) is 5.95 Å². The average Bonchev–Trinajstić information content (AvgIpc) is 3.42. The Bertz CT molecular complexity index is 1410. The largest absolute Gasteiger partial charge is 0.319 e. The van der Waals surface area contributed by atoms with Crippen molar-refractivity contribution in [3.8, 4) is 0 Å². The van der Waals surface area contributed by atoms with Crippen LogP contribution in [0.1, 0.15) is 25.2 Å². The third-order valence-corrected chi connectivity index (χ3v) is 6.33. The van der Waals surface area contributed by atoms with Crippen molar-refractivity contribution in [3.05, 3.63) is 90.3 Å². The molecule has 0 unspecified atom stereocenters. The first-order valence-corrected chi connectivity index (χ1v) is 12.0. The first kappa shape index (κ1) is 22.0. The fourth-order valence-corrected chi connectivity index (χ4v) is 4.40. The van der Waals surface area contributed by atoms with E-state index in [0.717, 1.165) is 60.6 Å². The first-order chi connectivity index (χ1) is 16.8. The van der Waals surface area contributed by atoms with E-state index in [1.54, 1.807) is 0 Å². The van der Waals surface area contributed by atoms with Crippen molar-refractivity contribution in [3.63, 3.8) is 0 Å². The highest BCUT2D eigenvalue weighted by Crippen LogP contribution is 2.23. The summed E-state index contributed by atoms with van der Waals surface area (Å²) in [5, 5.41) is 0. The van der Waals surface area contributed by atoms with Gasteiger partial charge in [-0.05, 0) is 42.9 Å². The van der Waals surface area contributed by atoms with Crippen molar-refractivity contribution >= 4 is 34.2 Å². The fraction of sp³-hybridized carbons (Fsp3) is 0.250. The summed E-state index contributed by atoms with van der Waals surface area (Å²) in [5.41, 5.74) is 5.37. The number of benzene rings is 3. The zero-order valence-electron chi connectivity index (χ0n) is 19.8. The molecule has 2 aromatic heterocycles. The van der Waals surface area contributed by atoms with Gasteiger partial charge in [-0.3, -0.25) is 0 Å². The second-order valence-corrected chi connectivity index (χ2v) is 8.37. The van der Waals surface area contributed by atoms with E-state index in [4.69, 9.17) is 15.0 Å². The molecular formula is C28H30N6. The molecule has 0 spiro atoms. The molecule has 5 aromatic rings. The highest BCUT2D eigenvalue weighted by Gasteiger charge is 2.13. The van der Waals surface area contributed by atoms with Crippen LogP contribution in [0.2, 0.25) is 0 Å². The molecule has 5 rings (SSSR count). The third-order valence-electron chi connectivity index (χ3n) is 6.33. The number of likely N-dealkylation sites (N-methyl/N-ethyl adjacent to an activating group) is 1. The summed E-state index contributed by atoms with van der Waals surface area (Å²) in [5.74, 6) is 1.54. The molecule has 0 saturated carbocycles. The Hall–Kier alpha value is -3.77. The highest BCUT2D eigenvalue weighted by molar-refractivity contribution is 5.87.